The number of carbonyl (C=O) groups is 1. The molecule has 1 amide bonds. The maximum Gasteiger partial charge on any atom is 0.278 e. The number of nitrogens with zero attached hydrogens (tertiary/aromatic N) is 4. The lowest BCUT2D eigenvalue weighted by molar-refractivity contribution is 0.102. The number of rotatable bonds is 3. The Hall–Kier alpha value is -2.54. The van der Waals surface area contributed by atoms with Crippen LogP contribution in [-0.4, -0.2) is 25.3 Å². The van der Waals surface area contributed by atoms with Gasteiger partial charge in [0.05, 0.1) is 12.2 Å². The highest BCUT2D eigenvalue weighted by molar-refractivity contribution is 7.03. The van der Waals surface area contributed by atoms with Gasteiger partial charge in [0, 0.05) is 10.9 Å². The number of fused-ring (bicyclic) bond motifs is 1. The van der Waals surface area contributed by atoms with E-state index < -0.39 is 0 Å². The maximum atomic E-state index is 12.4. The monoisotopic (exact) mass is 339 g/mol. The molecular formula is C17H17N5OS. The molecule has 2 aromatic heterocycles. The molecule has 122 valence electrons. The van der Waals surface area contributed by atoms with Gasteiger partial charge in [-0.1, -0.05) is 28.8 Å². The molecule has 6 nitrogen and oxygen atoms in total. The first kappa shape index (κ1) is 15.0. The number of nitrogens with one attached hydrogen (secondary N) is 1. The lowest BCUT2D eigenvalue weighted by Crippen LogP contribution is -2.23. The van der Waals surface area contributed by atoms with Gasteiger partial charge < -0.3 is 5.32 Å². The third-order valence-electron chi connectivity index (χ3n) is 4.44. The maximum absolute atomic E-state index is 12.4. The highest BCUT2D eigenvalue weighted by atomic mass is 32.1. The topological polar surface area (TPSA) is 72.7 Å². The summed E-state index contributed by atoms with van der Waals surface area (Å²) in [6.45, 7) is 1.95. The number of aromatic nitrogens is 4. The van der Waals surface area contributed by atoms with Crippen LogP contribution in [0.5, 0.6) is 0 Å². The van der Waals surface area contributed by atoms with Crippen LogP contribution < -0.4 is 5.32 Å². The van der Waals surface area contributed by atoms with E-state index in [-0.39, 0.29) is 11.9 Å². The van der Waals surface area contributed by atoms with E-state index in [1.165, 1.54) is 11.1 Å². The van der Waals surface area contributed by atoms with Gasteiger partial charge in [-0.2, -0.15) is 5.10 Å². The van der Waals surface area contributed by atoms with Crippen LogP contribution in [0, 0.1) is 6.92 Å². The van der Waals surface area contributed by atoms with E-state index in [0.29, 0.717) is 5.69 Å². The van der Waals surface area contributed by atoms with Gasteiger partial charge >= 0.3 is 0 Å². The molecule has 1 aliphatic rings. The number of anilines is 1. The number of aryl methyl sites for hydroxylation is 2. The van der Waals surface area contributed by atoms with Crippen LogP contribution in [0.15, 0.2) is 35.8 Å². The van der Waals surface area contributed by atoms with E-state index in [1.807, 2.05) is 11.6 Å². The van der Waals surface area contributed by atoms with Crippen LogP contribution in [0.1, 0.15) is 46.1 Å². The molecule has 1 aromatic carbocycles. The quantitative estimate of drug-likeness (QED) is 0.795. The molecule has 1 atom stereocenters. The molecular weight excluding hydrogens is 322 g/mol. The second kappa shape index (κ2) is 6.16. The molecule has 4 rings (SSSR count). The van der Waals surface area contributed by atoms with E-state index in [1.54, 1.807) is 11.6 Å². The third kappa shape index (κ3) is 2.60. The summed E-state index contributed by atoms with van der Waals surface area (Å²) in [5.41, 5.74) is 3.92. The molecule has 0 spiro atoms. The van der Waals surface area contributed by atoms with E-state index in [2.05, 4.69) is 44.3 Å². The molecule has 0 bridgehead atoms. The summed E-state index contributed by atoms with van der Waals surface area (Å²) in [6.07, 6.45) is 5.02. The molecule has 1 aliphatic carbocycles. The number of carbonyl (C=O) groups excluding carboxylic acids is 1. The summed E-state index contributed by atoms with van der Waals surface area (Å²) < 4.78 is 5.68. The van der Waals surface area contributed by atoms with Crippen molar-refractivity contribution >= 4 is 23.3 Å². The van der Waals surface area contributed by atoms with Crippen molar-refractivity contribution in [2.24, 2.45) is 0 Å². The lowest BCUT2D eigenvalue weighted by Gasteiger charge is -2.27. The van der Waals surface area contributed by atoms with E-state index in [0.717, 1.165) is 42.2 Å². The van der Waals surface area contributed by atoms with Gasteiger partial charge in [0.25, 0.3) is 5.91 Å². The zero-order valence-corrected chi connectivity index (χ0v) is 14.1. The normalized spacial score (nSPS) is 16.6. The Labute approximate surface area is 143 Å². The van der Waals surface area contributed by atoms with Crippen LogP contribution in [0.25, 0.3) is 0 Å². The van der Waals surface area contributed by atoms with Crippen molar-refractivity contribution in [3.05, 3.63) is 58.2 Å². The average Bonchev–Trinajstić information content (AvgIpc) is 3.26. The summed E-state index contributed by atoms with van der Waals surface area (Å²) in [6, 6.07) is 8.62. The molecule has 0 saturated carbocycles. The summed E-state index contributed by atoms with van der Waals surface area (Å²) >= 11 is 1.16. The Morgan fingerprint density at radius 2 is 2.25 bits per heavy atom. The van der Waals surface area contributed by atoms with Crippen LogP contribution in [0.4, 0.5) is 5.82 Å². The minimum atomic E-state index is -0.252. The fourth-order valence-electron chi connectivity index (χ4n) is 3.26. The van der Waals surface area contributed by atoms with Gasteiger partial charge in [0.1, 0.15) is 5.82 Å². The second-order valence-corrected chi connectivity index (χ2v) is 6.58. The highest BCUT2D eigenvalue weighted by Gasteiger charge is 2.25. The predicted octanol–water partition coefficient (Wildman–Crippen LogP) is 3.22. The first-order valence-corrected chi connectivity index (χ1v) is 8.78. The Balaban J connectivity index is 1.70. The number of benzene rings is 1. The van der Waals surface area contributed by atoms with Gasteiger partial charge in [0.15, 0.2) is 5.69 Å². The molecule has 0 radical (unpaired) electrons. The molecule has 0 fully saturated rings. The van der Waals surface area contributed by atoms with Crippen LogP contribution in [0.3, 0.4) is 0 Å². The van der Waals surface area contributed by atoms with Crippen molar-refractivity contribution < 1.29 is 4.79 Å². The van der Waals surface area contributed by atoms with Gasteiger partial charge in [-0.05, 0) is 48.8 Å². The minimum Gasteiger partial charge on any atom is -0.305 e. The number of hydrogen-bond donors (Lipinski definition) is 1. The minimum absolute atomic E-state index is 0.146. The standard InChI is InChI=1S/C17H17N5OS/c1-11-9-18-22(16(11)19-17(23)14-10-24-21-20-14)15-8-4-6-12-5-2-3-7-13(12)15/h2-3,5,7,9-10,15H,4,6,8H2,1H3,(H,19,23). The lowest BCUT2D eigenvalue weighted by atomic mass is 9.88. The van der Waals surface area contributed by atoms with Crippen LogP contribution in [0.2, 0.25) is 0 Å². The SMILES string of the molecule is Cc1cnn(C2CCCc3ccccc32)c1NC(=O)c1csnn1. The fourth-order valence-corrected chi connectivity index (χ4v) is 3.69. The van der Waals surface area contributed by atoms with E-state index >= 15 is 0 Å². The highest BCUT2D eigenvalue weighted by Crippen LogP contribution is 2.35. The zero-order valence-electron chi connectivity index (χ0n) is 13.3. The molecule has 0 aliphatic heterocycles. The van der Waals surface area contributed by atoms with E-state index in [9.17, 15) is 4.79 Å². The first-order chi connectivity index (χ1) is 11.7. The van der Waals surface area contributed by atoms with E-state index in [4.69, 9.17) is 0 Å². The molecule has 1 unspecified atom stereocenters. The Morgan fingerprint density at radius 1 is 1.38 bits per heavy atom. The molecule has 3 aromatic rings. The van der Waals surface area contributed by atoms with Crippen molar-refractivity contribution in [1.29, 1.82) is 0 Å². The van der Waals surface area contributed by atoms with Gasteiger partial charge in [0.2, 0.25) is 0 Å². The Morgan fingerprint density at radius 3 is 3.08 bits per heavy atom. The van der Waals surface area contributed by atoms with Crippen molar-refractivity contribution in [2.75, 3.05) is 5.32 Å². The largest absolute Gasteiger partial charge is 0.305 e. The molecule has 2 heterocycles. The average molecular weight is 339 g/mol. The van der Waals surface area contributed by atoms with Crippen molar-refractivity contribution in [2.45, 2.75) is 32.2 Å². The predicted molar refractivity (Wildman–Crippen MR) is 92.3 cm³/mol. The number of amides is 1. The van der Waals surface area contributed by atoms with Crippen LogP contribution >= 0.6 is 11.5 Å². The van der Waals surface area contributed by atoms with Gasteiger partial charge in [-0.3, -0.25) is 4.79 Å². The summed E-state index contributed by atoms with van der Waals surface area (Å²) in [5.74, 6) is 0.479. The van der Waals surface area contributed by atoms with Crippen molar-refractivity contribution in [3.8, 4) is 0 Å². The third-order valence-corrected chi connectivity index (χ3v) is 4.94. The van der Waals surface area contributed by atoms with Gasteiger partial charge in [-0.25, -0.2) is 4.68 Å². The molecule has 0 saturated heterocycles. The number of hydrogen-bond acceptors (Lipinski definition) is 5. The molecule has 1 N–H and O–H groups in total. The summed E-state index contributed by atoms with van der Waals surface area (Å²) in [7, 11) is 0. The van der Waals surface area contributed by atoms with Crippen molar-refractivity contribution in [1.82, 2.24) is 19.4 Å². The zero-order chi connectivity index (χ0) is 16.5. The van der Waals surface area contributed by atoms with Crippen LogP contribution in [-0.2, 0) is 6.42 Å². The molecule has 24 heavy (non-hydrogen) atoms. The fraction of sp³-hybridized carbons (Fsp3) is 0.294. The summed E-state index contributed by atoms with van der Waals surface area (Å²) in [5, 5.41) is 13.0. The Kier molecular flexibility index (Phi) is 3.86. The summed E-state index contributed by atoms with van der Waals surface area (Å²) in [4.78, 5) is 12.4. The van der Waals surface area contributed by atoms with Crippen molar-refractivity contribution in [3.63, 3.8) is 0 Å². The smallest absolute Gasteiger partial charge is 0.278 e. The van der Waals surface area contributed by atoms with Gasteiger partial charge in [-0.15, -0.1) is 5.10 Å². The molecule has 7 heteroatoms. The first-order valence-electron chi connectivity index (χ1n) is 7.94. The Bertz CT molecular complexity index is 871. The second-order valence-electron chi connectivity index (χ2n) is 5.97.